The predicted molar refractivity (Wildman–Crippen MR) is 50.6 cm³/mol. The van der Waals surface area contributed by atoms with Gasteiger partial charge in [-0.05, 0) is 36.2 Å². The number of hydrogen-bond acceptors (Lipinski definition) is 2. The Labute approximate surface area is 77.5 Å². The number of alkyl halides is 1. The normalized spacial score (nSPS) is 10.1. The molecule has 13 heavy (non-hydrogen) atoms. The van der Waals surface area contributed by atoms with Gasteiger partial charge in [-0.3, -0.25) is 0 Å². The molecule has 0 amide bonds. The van der Waals surface area contributed by atoms with Gasteiger partial charge >= 0.3 is 0 Å². The van der Waals surface area contributed by atoms with Gasteiger partial charge in [-0.15, -0.1) is 0 Å². The van der Waals surface area contributed by atoms with Gasteiger partial charge in [0.15, 0.2) is 0 Å². The lowest BCUT2D eigenvalue weighted by molar-refractivity contribution is 0.408. The van der Waals surface area contributed by atoms with Gasteiger partial charge in [0.05, 0.1) is 7.11 Å². The Morgan fingerprint density at radius 3 is 2.77 bits per heavy atom. The van der Waals surface area contributed by atoms with Gasteiger partial charge in [0, 0.05) is 0 Å². The molecule has 1 aromatic rings. The molecular weight excluding hydrogens is 169 g/mol. The molecule has 2 nitrogen and oxygen atoms in total. The van der Waals surface area contributed by atoms with Gasteiger partial charge in [-0.25, -0.2) is 4.39 Å². The molecule has 0 heterocycles. The molecule has 0 aliphatic rings. The minimum absolute atomic E-state index is 0.443. The molecule has 1 rings (SSSR count). The summed E-state index contributed by atoms with van der Waals surface area (Å²) in [6, 6.07) is 5.30. The Bertz CT molecular complexity index is 276. The van der Waals surface area contributed by atoms with Gasteiger partial charge in [-0.1, -0.05) is 6.07 Å². The second kappa shape index (κ2) is 4.82. The van der Waals surface area contributed by atoms with Crippen molar-refractivity contribution in [3.8, 4) is 5.75 Å². The summed E-state index contributed by atoms with van der Waals surface area (Å²) in [5.41, 5.74) is 7.07. The monoisotopic (exact) mass is 183 g/mol. The topological polar surface area (TPSA) is 35.2 Å². The van der Waals surface area contributed by atoms with Crippen LogP contribution in [0.3, 0.4) is 0 Å². The summed E-state index contributed by atoms with van der Waals surface area (Å²) in [6.07, 6.45) is 0.719. The molecule has 0 radical (unpaired) electrons. The van der Waals surface area contributed by atoms with Crippen molar-refractivity contribution in [1.82, 2.24) is 0 Å². The van der Waals surface area contributed by atoms with Crippen molar-refractivity contribution in [2.75, 3.05) is 13.7 Å². The Balaban J connectivity index is 2.95. The number of nitrogens with two attached hydrogens (primary N) is 1. The van der Waals surface area contributed by atoms with Crippen molar-refractivity contribution in [2.45, 2.75) is 13.1 Å². The van der Waals surface area contributed by atoms with Crippen LogP contribution in [0.2, 0.25) is 0 Å². The third-order valence-electron chi connectivity index (χ3n) is 1.91. The number of ether oxygens (including phenoxy) is 1. The van der Waals surface area contributed by atoms with Crippen LogP contribution >= 0.6 is 0 Å². The number of hydrogen-bond donors (Lipinski definition) is 1. The molecule has 0 atom stereocenters. The van der Waals surface area contributed by atoms with Crippen LogP contribution in [0, 0.1) is 0 Å². The summed E-state index contributed by atoms with van der Waals surface area (Å²) in [7, 11) is 1.60. The lowest BCUT2D eigenvalue weighted by atomic mass is 10.1. The first kappa shape index (κ1) is 9.99. The lowest BCUT2D eigenvalue weighted by Crippen LogP contribution is -2.04. The summed E-state index contributed by atoms with van der Waals surface area (Å²) in [6.45, 7) is 0.105. The summed E-state index contributed by atoms with van der Waals surface area (Å²) in [5, 5.41) is 0. The average Bonchev–Trinajstić information content (AvgIpc) is 2.18. The molecule has 1 aromatic carbocycles. The molecule has 3 heteroatoms. The van der Waals surface area contributed by atoms with Crippen LogP contribution in [0.4, 0.5) is 4.39 Å². The Morgan fingerprint density at radius 2 is 2.23 bits per heavy atom. The number of benzene rings is 1. The summed E-state index contributed by atoms with van der Waals surface area (Å²) in [5.74, 6) is 0.780. The second-order valence-electron chi connectivity index (χ2n) is 2.82. The van der Waals surface area contributed by atoms with E-state index in [-0.39, 0.29) is 0 Å². The molecule has 0 aliphatic heterocycles. The second-order valence-corrected chi connectivity index (χ2v) is 2.82. The first-order valence-corrected chi connectivity index (χ1v) is 4.23. The maximum atomic E-state index is 12.3. The Morgan fingerprint density at radius 1 is 1.46 bits per heavy atom. The fraction of sp³-hybridized carbons (Fsp3) is 0.400. The first-order valence-electron chi connectivity index (χ1n) is 4.23. The molecule has 0 spiro atoms. The van der Waals surface area contributed by atoms with Crippen LogP contribution in [0.5, 0.6) is 5.75 Å². The predicted octanol–water partition coefficient (Wildman–Crippen LogP) is 1.67. The molecular formula is C10H14FNO. The molecule has 0 fully saturated rings. The fourth-order valence-electron chi connectivity index (χ4n) is 1.27. The zero-order valence-corrected chi connectivity index (χ0v) is 7.72. The zero-order valence-electron chi connectivity index (χ0n) is 7.72. The molecule has 0 bridgehead atoms. The highest BCUT2D eigenvalue weighted by Crippen LogP contribution is 2.20. The van der Waals surface area contributed by atoms with Gasteiger partial charge in [0.25, 0.3) is 0 Å². The Kier molecular flexibility index (Phi) is 3.71. The average molecular weight is 183 g/mol. The highest BCUT2D eigenvalue weighted by Gasteiger charge is 2.02. The SMILES string of the molecule is COc1ccc(CF)cc1CCN. The summed E-state index contributed by atoms with van der Waals surface area (Å²) >= 11 is 0. The number of rotatable bonds is 4. The lowest BCUT2D eigenvalue weighted by Gasteiger charge is -2.08. The molecule has 2 N–H and O–H groups in total. The summed E-state index contributed by atoms with van der Waals surface area (Å²) in [4.78, 5) is 0. The highest BCUT2D eigenvalue weighted by molar-refractivity contribution is 5.37. The molecule has 0 aliphatic carbocycles. The van der Waals surface area contributed by atoms with E-state index >= 15 is 0 Å². The van der Waals surface area contributed by atoms with Crippen LogP contribution in [0.25, 0.3) is 0 Å². The van der Waals surface area contributed by atoms with E-state index < -0.39 is 6.67 Å². The van der Waals surface area contributed by atoms with E-state index in [9.17, 15) is 4.39 Å². The van der Waals surface area contributed by atoms with E-state index in [0.29, 0.717) is 12.1 Å². The molecule has 72 valence electrons. The van der Waals surface area contributed by atoms with Gasteiger partial charge < -0.3 is 10.5 Å². The van der Waals surface area contributed by atoms with E-state index in [1.165, 1.54) is 0 Å². The molecule has 0 unspecified atom stereocenters. The van der Waals surface area contributed by atoms with Crippen molar-refractivity contribution in [1.29, 1.82) is 0 Å². The minimum Gasteiger partial charge on any atom is -0.496 e. The van der Waals surface area contributed by atoms with Crippen LogP contribution in [0.15, 0.2) is 18.2 Å². The van der Waals surface area contributed by atoms with Crippen LogP contribution in [-0.4, -0.2) is 13.7 Å². The van der Waals surface area contributed by atoms with Crippen molar-refractivity contribution in [3.05, 3.63) is 29.3 Å². The standard InChI is InChI=1S/C10H14FNO/c1-13-10-3-2-8(7-11)6-9(10)4-5-12/h2-3,6H,4-5,7,12H2,1H3. The third kappa shape index (κ3) is 2.42. The quantitative estimate of drug-likeness (QED) is 0.770. The van der Waals surface area contributed by atoms with Crippen molar-refractivity contribution in [3.63, 3.8) is 0 Å². The molecule has 0 saturated heterocycles. The summed E-state index contributed by atoms with van der Waals surface area (Å²) < 4.78 is 17.4. The van der Waals surface area contributed by atoms with Gasteiger partial charge in [-0.2, -0.15) is 0 Å². The number of halogens is 1. The van der Waals surface area contributed by atoms with E-state index in [1.807, 2.05) is 0 Å². The van der Waals surface area contributed by atoms with E-state index in [2.05, 4.69) is 0 Å². The third-order valence-corrected chi connectivity index (χ3v) is 1.91. The number of methoxy groups -OCH3 is 1. The van der Waals surface area contributed by atoms with Gasteiger partial charge in [0.2, 0.25) is 0 Å². The fourth-order valence-corrected chi connectivity index (χ4v) is 1.27. The molecule has 0 saturated carbocycles. The smallest absolute Gasteiger partial charge is 0.122 e. The largest absolute Gasteiger partial charge is 0.496 e. The van der Waals surface area contributed by atoms with Crippen LogP contribution < -0.4 is 10.5 Å². The van der Waals surface area contributed by atoms with Crippen molar-refractivity contribution < 1.29 is 9.13 Å². The van der Waals surface area contributed by atoms with E-state index in [1.54, 1.807) is 25.3 Å². The van der Waals surface area contributed by atoms with Crippen molar-refractivity contribution in [2.24, 2.45) is 5.73 Å². The van der Waals surface area contributed by atoms with Crippen LogP contribution in [-0.2, 0) is 13.1 Å². The minimum atomic E-state index is -0.443. The van der Waals surface area contributed by atoms with Crippen molar-refractivity contribution >= 4 is 0 Å². The van der Waals surface area contributed by atoms with Gasteiger partial charge in [0.1, 0.15) is 12.4 Å². The van der Waals surface area contributed by atoms with Crippen LogP contribution in [0.1, 0.15) is 11.1 Å². The van der Waals surface area contributed by atoms with E-state index in [4.69, 9.17) is 10.5 Å². The zero-order chi connectivity index (χ0) is 9.68. The highest BCUT2D eigenvalue weighted by atomic mass is 19.1. The van der Waals surface area contributed by atoms with E-state index in [0.717, 1.165) is 17.7 Å². The molecule has 0 aromatic heterocycles. The Hall–Kier alpha value is -1.09. The first-order chi connectivity index (χ1) is 6.31. The maximum Gasteiger partial charge on any atom is 0.122 e. The maximum absolute atomic E-state index is 12.3.